The zero-order chi connectivity index (χ0) is 15.6. The molecule has 0 heterocycles. The number of ether oxygens (including phenoxy) is 1. The van der Waals surface area contributed by atoms with Crippen molar-refractivity contribution in [3.05, 3.63) is 48.0 Å². The van der Waals surface area contributed by atoms with E-state index in [1.54, 1.807) is 6.08 Å². The molecule has 0 aliphatic carbocycles. The van der Waals surface area contributed by atoms with E-state index >= 15 is 0 Å². The summed E-state index contributed by atoms with van der Waals surface area (Å²) in [7, 11) is 0. The highest BCUT2D eigenvalue weighted by Crippen LogP contribution is 2.15. The average molecular weight is 417 g/mol. The molecular weight excluding hydrogens is 389 g/mol. The lowest BCUT2D eigenvalue weighted by molar-refractivity contribution is -0.938. The molecule has 0 N–H and O–H groups in total. The van der Waals surface area contributed by atoms with Gasteiger partial charge in [-0.15, -0.1) is 0 Å². The maximum absolute atomic E-state index is 11.3. The number of allylic oxidation sites excluding steroid dienone is 1. The Morgan fingerprint density at radius 2 is 1.82 bits per heavy atom. The number of esters is 1. The normalized spacial score (nSPS) is 11.2. The van der Waals surface area contributed by atoms with Gasteiger partial charge in [0, 0.05) is 18.1 Å². The van der Waals surface area contributed by atoms with E-state index in [4.69, 9.17) is 4.74 Å². The predicted molar refractivity (Wildman–Crippen MR) is 86.7 cm³/mol. The summed E-state index contributed by atoms with van der Waals surface area (Å²) < 4.78 is 6.21. The second kappa shape index (κ2) is 11.7. The summed E-state index contributed by atoms with van der Waals surface area (Å²) in [6.07, 6.45) is 4.07. The zero-order valence-electron chi connectivity index (χ0n) is 13.9. The first kappa shape index (κ1) is 21.1. The largest absolute Gasteiger partial charge is 1.00 e. The first-order valence-corrected chi connectivity index (χ1v) is 7.84. The van der Waals surface area contributed by atoms with Crippen molar-refractivity contribution in [3.63, 3.8) is 0 Å². The van der Waals surface area contributed by atoms with Gasteiger partial charge in [0.15, 0.2) is 0 Å². The molecule has 0 spiro atoms. The number of rotatable bonds is 9. The number of carbonyl (C=O) groups excluding carboxylic acids is 1. The molecule has 0 radical (unpaired) electrons. The minimum absolute atomic E-state index is 0. The minimum Gasteiger partial charge on any atom is -1.00 e. The molecular formula is C18H28INO2. The van der Waals surface area contributed by atoms with Crippen LogP contribution in [-0.2, 0) is 16.1 Å². The van der Waals surface area contributed by atoms with Crippen molar-refractivity contribution in [2.24, 2.45) is 0 Å². The molecule has 0 aliphatic rings. The number of benzene rings is 1. The van der Waals surface area contributed by atoms with E-state index in [0.29, 0.717) is 6.61 Å². The Hall–Kier alpha value is -0.880. The van der Waals surface area contributed by atoms with Crippen LogP contribution in [0.3, 0.4) is 0 Å². The average Bonchev–Trinajstić information content (AvgIpc) is 2.52. The lowest BCUT2D eigenvalue weighted by Gasteiger charge is -2.37. The molecule has 1 rings (SSSR count). The van der Waals surface area contributed by atoms with Crippen molar-refractivity contribution >= 4 is 5.97 Å². The summed E-state index contributed by atoms with van der Waals surface area (Å²) >= 11 is 0. The van der Waals surface area contributed by atoms with Crippen molar-refractivity contribution < 1.29 is 38.0 Å². The van der Waals surface area contributed by atoms with Gasteiger partial charge in [0.1, 0.15) is 6.54 Å². The maximum Gasteiger partial charge on any atom is 0.330 e. The molecule has 0 amide bonds. The van der Waals surface area contributed by atoms with Crippen LogP contribution in [-0.4, -0.2) is 36.7 Å². The summed E-state index contributed by atoms with van der Waals surface area (Å²) in [6.45, 7) is 11.0. The third-order valence-electron chi connectivity index (χ3n) is 4.03. The molecule has 0 atom stereocenters. The van der Waals surface area contributed by atoms with Crippen molar-refractivity contribution in [1.29, 1.82) is 0 Å². The first-order valence-electron chi connectivity index (χ1n) is 7.84. The molecule has 0 aliphatic heterocycles. The lowest BCUT2D eigenvalue weighted by atomic mass is 10.1. The molecule has 0 saturated carbocycles. The third-order valence-corrected chi connectivity index (χ3v) is 4.03. The fourth-order valence-electron chi connectivity index (χ4n) is 2.57. The van der Waals surface area contributed by atoms with Crippen LogP contribution in [0.15, 0.2) is 42.5 Å². The molecule has 0 aromatic heterocycles. The fraction of sp³-hybridized carbons (Fsp3) is 0.500. The van der Waals surface area contributed by atoms with E-state index < -0.39 is 0 Å². The smallest absolute Gasteiger partial charge is 0.330 e. The van der Waals surface area contributed by atoms with Crippen LogP contribution in [0.2, 0.25) is 0 Å². The molecule has 0 bridgehead atoms. The molecule has 1 aromatic carbocycles. The molecule has 124 valence electrons. The van der Waals surface area contributed by atoms with Gasteiger partial charge >= 0.3 is 5.97 Å². The Balaban J connectivity index is 0.00000441. The van der Waals surface area contributed by atoms with E-state index in [9.17, 15) is 4.79 Å². The van der Waals surface area contributed by atoms with Crippen molar-refractivity contribution in [1.82, 2.24) is 0 Å². The van der Waals surface area contributed by atoms with Gasteiger partial charge < -0.3 is 33.2 Å². The van der Waals surface area contributed by atoms with Gasteiger partial charge in [-0.1, -0.05) is 36.4 Å². The summed E-state index contributed by atoms with van der Waals surface area (Å²) in [6, 6.07) is 10.6. The zero-order valence-corrected chi connectivity index (χ0v) is 16.1. The maximum atomic E-state index is 11.3. The lowest BCUT2D eigenvalue weighted by Crippen LogP contribution is -3.00. The van der Waals surface area contributed by atoms with Gasteiger partial charge in [-0.3, -0.25) is 0 Å². The summed E-state index contributed by atoms with van der Waals surface area (Å²) in [5.41, 5.74) is 1.37. The number of halogens is 1. The number of carbonyl (C=O) groups is 1. The quantitative estimate of drug-likeness (QED) is 0.193. The Kier molecular flexibility index (Phi) is 11.2. The number of nitrogens with zero attached hydrogens (tertiary/aromatic N) is 1. The summed E-state index contributed by atoms with van der Waals surface area (Å²) in [4.78, 5) is 11.3. The van der Waals surface area contributed by atoms with E-state index in [0.717, 1.165) is 37.1 Å². The van der Waals surface area contributed by atoms with Crippen molar-refractivity contribution in [2.45, 2.75) is 33.7 Å². The second-order valence-corrected chi connectivity index (χ2v) is 5.36. The molecule has 1 aromatic rings. The van der Waals surface area contributed by atoms with Gasteiger partial charge in [0.25, 0.3) is 0 Å². The molecule has 0 fully saturated rings. The van der Waals surface area contributed by atoms with E-state index in [1.807, 2.05) is 6.92 Å². The van der Waals surface area contributed by atoms with E-state index in [1.165, 1.54) is 11.6 Å². The Bertz CT molecular complexity index is 442. The van der Waals surface area contributed by atoms with Crippen molar-refractivity contribution in [2.75, 3.05) is 26.2 Å². The fourth-order valence-corrected chi connectivity index (χ4v) is 2.57. The first-order chi connectivity index (χ1) is 10.2. The Morgan fingerprint density at radius 1 is 1.18 bits per heavy atom. The highest BCUT2D eigenvalue weighted by atomic mass is 127. The molecule has 0 unspecified atom stereocenters. The van der Waals surface area contributed by atoms with E-state index in [-0.39, 0.29) is 29.9 Å². The second-order valence-electron chi connectivity index (χ2n) is 5.36. The summed E-state index contributed by atoms with van der Waals surface area (Å²) in [5.74, 6) is -0.244. The van der Waals surface area contributed by atoms with Gasteiger partial charge in [0.2, 0.25) is 0 Å². The van der Waals surface area contributed by atoms with Crippen LogP contribution in [0.5, 0.6) is 0 Å². The van der Waals surface area contributed by atoms with Crippen LogP contribution < -0.4 is 24.0 Å². The predicted octanol–water partition coefficient (Wildman–Crippen LogP) is 0.557. The number of quaternary nitrogens is 1. The molecule has 22 heavy (non-hydrogen) atoms. The molecule has 4 heteroatoms. The van der Waals surface area contributed by atoms with Gasteiger partial charge in [-0.2, -0.15) is 0 Å². The number of hydrogen-bond acceptors (Lipinski definition) is 2. The van der Waals surface area contributed by atoms with Crippen LogP contribution in [0.1, 0.15) is 32.8 Å². The van der Waals surface area contributed by atoms with Crippen LogP contribution in [0.25, 0.3) is 0 Å². The van der Waals surface area contributed by atoms with Crippen LogP contribution in [0, 0.1) is 0 Å². The Morgan fingerprint density at radius 3 is 2.36 bits per heavy atom. The highest BCUT2D eigenvalue weighted by Gasteiger charge is 2.23. The standard InChI is InChI=1S/C18H28NO2.HI/c1-4-11-18(20)21-15-10-14-19(5-2,6-3)16-17-12-8-7-9-13-17;/h4,7-9,11-13H,5-6,10,14-16H2,1-3H3;1H/q+1;/p-1. The third kappa shape index (κ3) is 7.40. The minimum atomic E-state index is -0.244. The van der Waals surface area contributed by atoms with Crippen molar-refractivity contribution in [3.8, 4) is 0 Å². The van der Waals surface area contributed by atoms with Gasteiger partial charge in [0.05, 0.1) is 26.2 Å². The molecule has 3 nitrogen and oxygen atoms in total. The topological polar surface area (TPSA) is 26.3 Å². The summed E-state index contributed by atoms with van der Waals surface area (Å²) in [5, 5.41) is 0. The number of hydrogen-bond donors (Lipinski definition) is 0. The monoisotopic (exact) mass is 417 g/mol. The van der Waals surface area contributed by atoms with Crippen LogP contribution >= 0.6 is 0 Å². The Labute approximate surface area is 152 Å². The van der Waals surface area contributed by atoms with Gasteiger partial charge in [-0.05, 0) is 20.8 Å². The van der Waals surface area contributed by atoms with Crippen LogP contribution in [0.4, 0.5) is 0 Å². The van der Waals surface area contributed by atoms with Gasteiger partial charge in [-0.25, -0.2) is 4.79 Å². The van der Waals surface area contributed by atoms with E-state index in [2.05, 4.69) is 44.2 Å². The molecule has 0 saturated heterocycles. The SMILES string of the molecule is CC=CC(=O)OCCC[N+](CC)(CC)Cc1ccccc1.[I-]. The highest BCUT2D eigenvalue weighted by molar-refractivity contribution is 5.81.